The lowest BCUT2D eigenvalue weighted by Gasteiger charge is -2.11. The largest absolute Gasteiger partial charge is 0.481 e. The van der Waals surface area contributed by atoms with Crippen LogP contribution in [0.3, 0.4) is 0 Å². The third-order valence-corrected chi connectivity index (χ3v) is 4.35. The molecule has 0 spiro atoms. The first kappa shape index (κ1) is 19.7. The van der Waals surface area contributed by atoms with Crippen molar-refractivity contribution in [3.05, 3.63) is 76.0 Å². The number of hydrazone groups is 1. The van der Waals surface area contributed by atoms with Crippen molar-refractivity contribution in [3.63, 3.8) is 0 Å². The Bertz CT molecular complexity index is 1030. The Morgan fingerprint density at radius 3 is 2.55 bits per heavy atom. The Labute approximate surface area is 166 Å². The van der Waals surface area contributed by atoms with Crippen LogP contribution in [0.25, 0.3) is 0 Å². The number of nitrogens with zero attached hydrogens (tertiary/aromatic N) is 3. The monoisotopic (exact) mass is 394 g/mol. The van der Waals surface area contributed by atoms with Crippen LogP contribution in [0.5, 0.6) is 0 Å². The van der Waals surface area contributed by atoms with E-state index in [1.54, 1.807) is 0 Å². The van der Waals surface area contributed by atoms with E-state index in [-0.39, 0.29) is 17.0 Å². The van der Waals surface area contributed by atoms with Crippen molar-refractivity contribution in [1.82, 2.24) is 0 Å². The van der Waals surface area contributed by atoms with E-state index in [4.69, 9.17) is 5.11 Å². The summed E-state index contributed by atoms with van der Waals surface area (Å²) in [4.78, 5) is 34.3. The molecule has 0 aromatic heterocycles. The Balaban J connectivity index is 1.92. The van der Waals surface area contributed by atoms with Crippen LogP contribution >= 0.6 is 0 Å². The van der Waals surface area contributed by atoms with Crippen molar-refractivity contribution in [2.24, 2.45) is 5.10 Å². The highest BCUT2D eigenvalue weighted by atomic mass is 16.6. The van der Waals surface area contributed by atoms with Gasteiger partial charge in [-0.3, -0.25) is 19.7 Å². The molecular weight excluding hydrogens is 376 g/mol. The molecule has 2 aromatic rings. The van der Waals surface area contributed by atoms with Gasteiger partial charge < -0.3 is 10.4 Å². The van der Waals surface area contributed by atoms with Gasteiger partial charge in [-0.05, 0) is 30.2 Å². The van der Waals surface area contributed by atoms with Crippen LogP contribution in [0.15, 0.2) is 65.4 Å². The van der Waals surface area contributed by atoms with Gasteiger partial charge in [-0.25, -0.2) is 0 Å². The van der Waals surface area contributed by atoms with Gasteiger partial charge in [0, 0.05) is 24.0 Å². The van der Waals surface area contributed by atoms with Crippen LogP contribution in [-0.4, -0.2) is 27.6 Å². The van der Waals surface area contributed by atoms with Gasteiger partial charge in [0.15, 0.2) is 0 Å². The van der Waals surface area contributed by atoms with Crippen LogP contribution in [-0.2, 0) is 16.0 Å². The maximum absolute atomic E-state index is 12.9. The second kappa shape index (κ2) is 8.34. The summed E-state index contributed by atoms with van der Waals surface area (Å²) >= 11 is 0. The normalized spacial score (nSPS) is 14.8. The maximum atomic E-state index is 12.9. The zero-order valence-corrected chi connectivity index (χ0v) is 15.5. The minimum Gasteiger partial charge on any atom is -0.481 e. The van der Waals surface area contributed by atoms with Gasteiger partial charge in [-0.15, -0.1) is 0 Å². The molecule has 148 valence electrons. The van der Waals surface area contributed by atoms with E-state index < -0.39 is 23.2 Å². The van der Waals surface area contributed by atoms with Crippen molar-refractivity contribution < 1.29 is 19.6 Å². The highest BCUT2D eigenvalue weighted by Gasteiger charge is 2.32. The van der Waals surface area contributed by atoms with Gasteiger partial charge in [-0.1, -0.05) is 25.1 Å². The van der Waals surface area contributed by atoms with Crippen molar-refractivity contribution in [2.45, 2.75) is 19.8 Å². The first-order valence-electron chi connectivity index (χ1n) is 8.84. The number of rotatable bonds is 7. The third-order valence-electron chi connectivity index (χ3n) is 4.35. The molecule has 9 nitrogen and oxygen atoms in total. The number of amides is 1. The predicted molar refractivity (Wildman–Crippen MR) is 108 cm³/mol. The van der Waals surface area contributed by atoms with E-state index in [1.807, 2.05) is 31.2 Å². The quantitative estimate of drug-likeness (QED) is 0.421. The summed E-state index contributed by atoms with van der Waals surface area (Å²) in [5, 5.41) is 28.2. The molecule has 1 aliphatic rings. The molecule has 0 fully saturated rings. The first-order valence-corrected chi connectivity index (χ1v) is 8.84. The molecule has 0 atom stereocenters. The number of aryl methyl sites for hydroxylation is 1. The lowest BCUT2D eigenvalue weighted by atomic mass is 10.1. The van der Waals surface area contributed by atoms with Crippen LogP contribution < -0.4 is 10.3 Å². The number of carbonyl (C=O) groups is 2. The molecule has 1 heterocycles. The number of para-hydroxylation sites is 1. The molecule has 0 saturated carbocycles. The summed E-state index contributed by atoms with van der Waals surface area (Å²) in [6.07, 6.45) is 1.80. The van der Waals surface area contributed by atoms with Crippen molar-refractivity contribution in [3.8, 4) is 0 Å². The summed E-state index contributed by atoms with van der Waals surface area (Å²) in [5.41, 5.74) is 2.25. The van der Waals surface area contributed by atoms with Crippen molar-refractivity contribution >= 4 is 34.7 Å². The Kier molecular flexibility index (Phi) is 5.68. The molecule has 9 heteroatoms. The number of hydrogen-bond donors (Lipinski definition) is 2. The zero-order valence-electron chi connectivity index (χ0n) is 15.5. The van der Waals surface area contributed by atoms with Crippen molar-refractivity contribution in [2.75, 3.05) is 10.3 Å². The number of carboxylic acid groups (broad SMARTS) is 1. The first-order chi connectivity index (χ1) is 13.9. The Morgan fingerprint density at radius 1 is 1.24 bits per heavy atom. The molecule has 3 rings (SSSR count). The number of nitrogens with one attached hydrogen (secondary N) is 1. The Hall–Kier alpha value is -4.01. The molecule has 0 saturated heterocycles. The number of carboxylic acids is 1. The van der Waals surface area contributed by atoms with E-state index in [0.29, 0.717) is 5.69 Å². The highest BCUT2D eigenvalue weighted by Crippen LogP contribution is 2.27. The summed E-state index contributed by atoms with van der Waals surface area (Å²) in [7, 11) is 0. The molecule has 0 aliphatic carbocycles. The van der Waals surface area contributed by atoms with Gasteiger partial charge in [0.1, 0.15) is 0 Å². The van der Waals surface area contributed by atoms with Crippen LogP contribution in [0.4, 0.5) is 17.1 Å². The minimum absolute atomic E-state index is 0.0994. The van der Waals surface area contributed by atoms with E-state index in [1.165, 1.54) is 30.5 Å². The molecule has 2 N–H and O–H groups in total. The van der Waals surface area contributed by atoms with E-state index >= 15 is 0 Å². The fourth-order valence-corrected chi connectivity index (χ4v) is 2.89. The van der Waals surface area contributed by atoms with Gasteiger partial charge in [0.05, 0.1) is 28.3 Å². The van der Waals surface area contributed by atoms with Gasteiger partial charge in [-0.2, -0.15) is 10.1 Å². The number of nitro benzene ring substituents is 1. The fraction of sp³-hybridized carbons (Fsp3) is 0.150. The lowest BCUT2D eigenvalue weighted by molar-refractivity contribution is -0.384. The summed E-state index contributed by atoms with van der Waals surface area (Å²) in [5.74, 6) is -1.64. The molecule has 1 amide bonds. The topological polar surface area (TPSA) is 125 Å². The number of aliphatic carboxylic acids is 1. The smallest absolute Gasteiger partial charge is 0.309 e. The second-order valence-electron chi connectivity index (χ2n) is 6.22. The van der Waals surface area contributed by atoms with Gasteiger partial charge >= 0.3 is 5.97 Å². The lowest BCUT2D eigenvalue weighted by Crippen LogP contribution is -2.22. The van der Waals surface area contributed by atoms with E-state index in [0.717, 1.165) is 22.7 Å². The summed E-state index contributed by atoms with van der Waals surface area (Å²) in [6.45, 7) is 2.00. The molecule has 0 radical (unpaired) electrons. The average molecular weight is 394 g/mol. The maximum Gasteiger partial charge on any atom is 0.309 e. The molecule has 0 unspecified atom stereocenters. The second-order valence-corrected chi connectivity index (χ2v) is 6.22. The minimum atomic E-state index is -1.12. The number of anilines is 2. The van der Waals surface area contributed by atoms with Gasteiger partial charge in [0.2, 0.25) is 0 Å². The summed E-state index contributed by atoms with van der Waals surface area (Å²) < 4.78 is 0. The number of carbonyl (C=O) groups excluding carboxylic acids is 1. The number of benzene rings is 2. The average Bonchev–Trinajstić information content (AvgIpc) is 3.01. The van der Waals surface area contributed by atoms with E-state index in [9.17, 15) is 19.7 Å². The van der Waals surface area contributed by atoms with E-state index in [2.05, 4.69) is 10.4 Å². The Morgan fingerprint density at radius 2 is 1.93 bits per heavy atom. The number of non-ortho nitro benzene ring substituents is 1. The number of nitro groups is 1. The number of hydrogen-bond acceptors (Lipinski definition) is 6. The molecule has 29 heavy (non-hydrogen) atoms. The SMILES string of the molecule is CCc1ccccc1NC=C1C(=O)N(c2ccc([N+](=O)[O-])cc2)N=C1CC(=O)O. The van der Waals surface area contributed by atoms with Crippen LogP contribution in [0.2, 0.25) is 0 Å². The standard InChI is InChI=1S/C20H18N4O5/c1-2-13-5-3-4-6-17(13)21-12-16-18(11-19(25)26)22-23(20(16)27)14-7-9-15(10-8-14)24(28)29/h3-10,12,21H,2,11H2,1H3,(H,25,26). The highest BCUT2D eigenvalue weighted by molar-refractivity contribution is 6.32. The van der Waals surface area contributed by atoms with Gasteiger partial charge in [0.25, 0.3) is 11.6 Å². The zero-order chi connectivity index (χ0) is 21.0. The third kappa shape index (κ3) is 4.29. The van der Waals surface area contributed by atoms with Crippen molar-refractivity contribution in [1.29, 1.82) is 0 Å². The molecule has 2 aromatic carbocycles. The molecule has 0 bridgehead atoms. The fourth-order valence-electron chi connectivity index (χ4n) is 2.89. The van der Waals surface area contributed by atoms with Crippen LogP contribution in [0, 0.1) is 10.1 Å². The van der Waals surface area contributed by atoms with Crippen LogP contribution in [0.1, 0.15) is 18.9 Å². The molecule has 1 aliphatic heterocycles. The summed E-state index contributed by atoms with van der Waals surface area (Å²) in [6, 6.07) is 12.9. The predicted octanol–water partition coefficient (Wildman–Crippen LogP) is 3.33. The molecular formula is C20H18N4O5.